The fourth-order valence-electron chi connectivity index (χ4n) is 4.98. The minimum absolute atomic E-state index is 0.288. The average Bonchev–Trinajstić information content (AvgIpc) is 3.15. The third kappa shape index (κ3) is 3.12. The molecule has 2 aromatic heterocycles. The van der Waals surface area contributed by atoms with Gasteiger partial charge in [-0.05, 0) is 38.8 Å². The Morgan fingerprint density at radius 1 is 0.879 bits per heavy atom. The summed E-state index contributed by atoms with van der Waals surface area (Å²) in [6.07, 6.45) is -0.391. The van der Waals surface area contributed by atoms with Crippen LogP contribution < -0.4 is 11.2 Å². The van der Waals surface area contributed by atoms with Crippen LogP contribution in [0.3, 0.4) is 0 Å². The first-order valence-electron chi connectivity index (χ1n) is 11.2. The Bertz CT molecular complexity index is 1500. The van der Waals surface area contributed by atoms with Gasteiger partial charge in [0.2, 0.25) is 0 Å². The van der Waals surface area contributed by atoms with Crippen LogP contribution >= 0.6 is 0 Å². The number of fused-ring (bicyclic) bond motifs is 3. The van der Waals surface area contributed by atoms with Crippen molar-refractivity contribution in [2.75, 3.05) is 6.61 Å². The van der Waals surface area contributed by atoms with E-state index in [-0.39, 0.29) is 11.2 Å². The molecule has 2 aromatic carbocycles. The molecule has 1 unspecified atom stereocenters. The van der Waals surface area contributed by atoms with Crippen molar-refractivity contribution in [2.45, 2.75) is 39.3 Å². The Labute approximate surface area is 192 Å². The van der Waals surface area contributed by atoms with Gasteiger partial charge in [-0.2, -0.15) is 0 Å². The van der Waals surface area contributed by atoms with Gasteiger partial charge in [0.25, 0.3) is 5.56 Å². The van der Waals surface area contributed by atoms with E-state index in [1.54, 1.807) is 18.7 Å². The molecule has 6 heteroatoms. The van der Waals surface area contributed by atoms with E-state index in [1.807, 2.05) is 19.1 Å². The predicted molar refractivity (Wildman–Crippen MR) is 131 cm³/mol. The van der Waals surface area contributed by atoms with Crippen molar-refractivity contribution < 1.29 is 4.74 Å². The lowest BCUT2D eigenvalue weighted by Crippen LogP contribution is -2.40. The van der Waals surface area contributed by atoms with E-state index in [4.69, 9.17) is 4.74 Å². The normalized spacial score (nSPS) is 17.3. The molecule has 0 N–H and O–H groups in total. The van der Waals surface area contributed by atoms with Crippen molar-refractivity contribution in [3.63, 3.8) is 0 Å². The Hall–Kier alpha value is -3.38. The zero-order valence-electron chi connectivity index (χ0n) is 20.0. The first-order chi connectivity index (χ1) is 15.6. The Morgan fingerprint density at radius 3 is 2.06 bits per heavy atom. The summed E-state index contributed by atoms with van der Waals surface area (Å²) in [6, 6.07) is 16.5. The highest BCUT2D eigenvalue weighted by Gasteiger charge is 2.40. The molecule has 0 amide bonds. The van der Waals surface area contributed by atoms with E-state index in [0.29, 0.717) is 17.5 Å². The zero-order valence-corrected chi connectivity index (χ0v) is 20.0. The molecule has 1 aliphatic heterocycles. The van der Waals surface area contributed by atoms with Crippen molar-refractivity contribution in [1.29, 1.82) is 0 Å². The molecule has 0 fully saturated rings. The highest BCUT2D eigenvalue weighted by molar-refractivity contribution is 5.96. The average molecular weight is 444 g/mol. The zero-order chi connectivity index (χ0) is 23.7. The molecular formula is C27H29N3O3. The smallest absolute Gasteiger partial charge is 0.331 e. The van der Waals surface area contributed by atoms with Gasteiger partial charge in [0.05, 0.1) is 34.4 Å². The summed E-state index contributed by atoms with van der Waals surface area (Å²) < 4.78 is 11.5. The lowest BCUT2D eigenvalue weighted by molar-refractivity contribution is -0.00707. The van der Waals surface area contributed by atoms with Crippen LogP contribution in [0.5, 0.6) is 0 Å². The van der Waals surface area contributed by atoms with Crippen LogP contribution in [0.25, 0.3) is 22.2 Å². The SMILES string of the molecule is Cc1ccc(-c2c3c(=O)n(C)c(=O)n(C)c3c3n2C(C)(C)COC3c2ccc(C)cc2)cc1. The number of aromatic nitrogens is 3. The summed E-state index contributed by atoms with van der Waals surface area (Å²) in [5.74, 6) is 0. The molecule has 0 spiro atoms. The second kappa shape index (κ2) is 7.32. The maximum atomic E-state index is 13.6. The number of ether oxygens (including phenoxy) is 1. The third-order valence-electron chi connectivity index (χ3n) is 6.77. The fraction of sp³-hybridized carbons (Fsp3) is 0.333. The van der Waals surface area contributed by atoms with Gasteiger partial charge in [-0.1, -0.05) is 59.7 Å². The Kier molecular flexibility index (Phi) is 4.76. The number of hydrogen-bond acceptors (Lipinski definition) is 3. The Balaban J connectivity index is 2.00. The van der Waals surface area contributed by atoms with Gasteiger partial charge in [-0.25, -0.2) is 4.79 Å². The second-order valence-electron chi connectivity index (χ2n) is 9.78. The minimum atomic E-state index is -0.420. The van der Waals surface area contributed by atoms with Gasteiger partial charge in [0.1, 0.15) is 6.10 Å². The van der Waals surface area contributed by atoms with Crippen LogP contribution in [0.4, 0.5) is 0 Å². The number of hydrogen-bond donors (Lipinski definition) is 0. The van der Waals surface area contributed by atoms with Crippen molar-refractivity contribution in [3.8, 4) is 11.3 Å². The van der Waals surface area contributed by atoms with Gasteiger partial charge in [-0.15, -0.1) is 0 Å². The topological polar surface area (TPSA) is 58.2 Å². The van der Waals surface area contributed by atoms with Gasteiger partial charge in [0.15, 0.2) is 0 Å². The molecule has 0 saturated carbocycles. The molecule has 0 aliphatic carbocycles. The summed E-state index contributed by atoms with van der Waals surface area (Å²) in [6.45, 7) is 8.80. The van der Waals surface area contributed by atoms with E-state index in [0.717, 1.165) is 33.6 Å². The van der Waals surface area contributed by atoms with Gasteiger partial charge >= 0.3 is 5.69 Å². The summed E-state index contributed by atoms with van der Waals surface area (Å²) in [5, 5.41) is 0.550. The van der Waals surface area contributed by atoms with E-state index in [1.165, 1.54) is 4.57 Å². The quantitative estimate of drug-likeness (QED) is 0.467. The second-order valence-corrected chi connectivity index (χ2v) is 9.78. The molecule has 0 bridgehead atoms. The van der Waals surface area contributed by atoms with Crippen LogP contribution in [0.1, 0.15) is 42.3 Å². The van der Waals surface area contributed by atoms with E-state index >= 15 is 0 Å². The first-order valence-corrected chi connectivity index (χ1v) is 11.2. The molecule has 6 nitrogen and oxygen atoms in total. The van der Waals surface area contributed by atoms with Crippen LogP contribution in [-0.4, -0.2) is 20.3 Å². The van der Waals surface area contributed by atoms with Crippen molar-refractivity contribution >= 4 is 10.9 Å². The number of aryl methyl sites for hydroxylation is 3. The summed E-state index contributed by atoms with van der Waals surface area (Å²) in [5.41, 5.74) is 5.52. The van der Waals surface area contributed by atoms with Crippen LogP contribution in [-0.2, 0) is 24.4 Å². The van der Waals surface area contributed by atoms with Gasteiger partial charge in [-0.3, -0.25) is 13.9 Å². The maximum Gasteiger partial charge on any atom is 0.331 e. The third-order valence-corrected chi connectivity index (χ3v) is 6.77. The van der Waals surface area contributed by atoms with Crippen LogP contribution in [0.15, 0.2) is 58.1 Å². The first kappa shape index (κ1) is 21.5. The molecule has 5 rings (SSSR count). The molecule has 0 saturated heterocycles. The predicted octanol–water partition coefficient (Wildman–Crippen LogP) is 4.18. The number of rotatable bonds is 2. The van der Waals surface area contributed by atoms with Gasteiger partial charge in [0, 0.05) is 14.1 Å². The van der Waals surface area contributed by atoms with Crippen LogP contribution in [0, 0.1) is 13.8 Å². The lowest BCUT2D eigenvalue weighted by Gasteiger charge is -2.39. The molecule has 33 heavy (non-hydrogen) atoms. The number of nitrogens with zero attached hydrogens (tertiary/aromatic N) is 3. The van der Waals surface area contributed by atoms with Crippen molar-refractivity contribution in [3.05, 3.63) is 91.8 Å². The van der Waals surface area contributed by atoms with E-state index < -0.39 is 11.6 Å². The van der Waals surface area contributed by atoms with Crippen molar-refractivity contribution in [1.82, 2.24) is 13.7 Å². The largest absolute Gasteiger partial charge is 0.365 e. The maximum absolute atomic E-state index is 13.6. The lowest BCUT2D eigenvalue weighted by atomic mass is 9.97. The van der Waals surface area contributed by atoms with Crippen LogP contribution in [0.2, 0.25) is 0 Å². The molecular weight excluding hydrogens is 414 g/mol. The molecule has 1 aliphatic rings. The number of benzene rings is 2. The molecule has 4 aromatic rings. The molecule has 3 heterocycles. The monoisotopic (exact) mass is 443 g/mol. The summed E-state index contributed by atoms with van der Waals surface area (Å²) >= 11 is 0. The molecule has 170 valence electrons. The fourth-order valence-corrected chi connectivity index (χ4v) is 4.98. The van der Waals surface area contributed by atoms with E-state index in [2.05, 4.69) is 61.7 Å². The molecule has 1 atom stereocenters. The highest BCUT2D eigenvalue weighted by Crippen LogP contribution is 2.45. The minimum Gasteiger partial charge on any atom is -0.365 e. The standard InChI is InChI=1S/C27H29N3O3/c1-16-7-11-18(12-8-16)21-20-22(28(5)26(32)29(6)25(20)31)23-24(19-13-9-17(2)10-14-19)33-15-27(3,4)30(21)23/h7-14,24H,15H2,1-6H3. The molecule has 0 radical (unpaired) electrons. The van der Waals surface area contributed by atoms with Crippen molar-refractivity contribution in [2.24, 2.45) is 14.1 Å². The summed E-state index contributed by atoms with van der Waals surface area (Å²) in [4.78, 5) is 26.6. The highest BCUT2D eigenvalue weighted by atomic mass is 16.5. The Morgan fingerprint density at radius 2 is 1.45 bits per heavy atom. The summed E-state index contributed by atoms with van der Waals surface area (Å²) in [7, 11) is 3.27. The van der Waals surface area contributed by atoms with Gasteiger partial charge < -0.3 is 9.30 Å². The van der Waals surface area contributed by atoms with E-state index in [9.17, 15) is 9.59 Å².